The van der Waals surface area contributed by atoms with Crippen LogP contribution in [0.1, 0.15) is 15.9 Å². The number of ether oxygens (including phenoxy) is 2. The van der Waals surface area contributed by atoms with Crippen molar-refractivity contribution in [1.82, 2.24) is 4.98 Å². The van der Waals surface area contributed by atoms with Gasteiger partial charge < -0.3 is 14.8 Å². The molecule has 0 saturated heterocycles. The first-order valence-corrected chi connectivity index (χ1v) is 7.83. The van der Waals surface area contributed by atoms with Crippen LogP contribution >= 0.6 is 0 Å². The molecule has 0 aliphatic rings. The van der Waals surface area contributed by atoms with Crippen LogP contribution in [0.15, 0.2) is 72.9 Å². The van der Waals surface area contributed by atoms with Crippen molar-refractivity contribution >= 4 is 11.6 Å². The molecule has 1 aromatic heterocycles. The van der Waals surface area contributed by atoms with Crippen LogP contribution in [0.4, 0.5) is 5.69 Å². The molecule has 5 heteroatoms. The zero-order valence-electron chi connectivity index (χ0n) is 13.8. The van der Waals surface area contributed by atoms with Crippen molar-refractivity contribution < 1.29 is 14.3 Å². The number of nitrogens with one attached hydrogen (secondary N) is 1. The number of benzene rings is 2. The minimum absolute atomic E-state index is 0.192. The summed E-state index contributed by atoms with van der Waals surface area (Å²) in [5.41, 5.74) is 2.17. The van der Waals surface area contributed by atoms with E-state index in [0.29, 0.717) is 23.7 Å². The molecular weight excluding hydrogens is 316 g/mol. The Hall–Kier alpha value is -3.34. The first-order valence-electron chi connectivity index (χ1n) is 7.83. The number of carbonyl (C=O) groups excluding carboxylic acids is 1. The summed E-state index contributed by atoms with van der Waals surface area (Å²) in [6.45, 7) is 0.453. The van der Waals surface area contributed by atoms with Crippen molar-refractivity contribution in [3.8, 4) is 11.6 Å². The Labute approximate surface area is 146 Å². The van der Waals surface area contributed by atoms with Gasteiger partial charge in [0.2, 0.25) is 5.88 Å². The summed E-state index contributed by atoms with van der Waals surface area (Å²) < 4.78 is 10.7. The maximum Gasteiger partial charge on any atom is 0.255 e. The van der Waals surface area contributed by atoms with E-state index in [9.17, 15) is 4.79 Å². The van der Waals surface area contributed by atoms with E-state index in [4.69, 9.17) is 9.47 Å². The highest BCUT2D eigenvalue weighted by molar-refractivity contribution is 6.04. The van der Waals surface area contributed by atoms with Crippen LogP contribution in [0.3, 0.4) is 0 Å². The molecule has 0 bridgehead atoms. The number of anilines is 1. The van der Waals surface area contributed by atoms with Gasteiger partial charge in [-0.2, -0.15) is 0 Å². The van der Waals surface area contributed by atoms with Crippen LogP contribution in [0.5, 0.6) is 11.6 Å². The lowest BCUT2D eigenvalue weighted by atomic mass is 10.1. The molecular formula is C20H18N2O3. The van der Waals surface area contributed by atoms with E-state index < -0.39 is 0 Å². The molecule has 3 rings (SSSR count). The highest BCUT2D eigenvalue weighted by atomic mass is 16.5. The van der Waals surface area contributed by atoms with Gasteiger partial charge in [-0.1, -0.05) is 30.3 Å². The van der Waals surface area contributed by atoms with E-state index >= 15 is 0 Å². The predicted octanol–water partition coefficient (Wildman–Crippen LogP) is 3.92. The lowest BCUT2D eigenvalue weighted by Crippen LogP contribution is -2.12. The molecule has 25 heavy (non-hydrogen) atoms. The van der Waals surface area contributed by atoms with E-state index in [1.165, 1.54) is 0 Å². The summed E-state index contributed by atoms with van der Waals surface area (Å²) in [4.78, 5) is 16.3. The van der Waals surface area contributed by atoms with E-state index in [-0.39, 0.29) is 5.91 Å². The summed E-state index contributed by atoms with van der Waals surface area (Å²) in [6, 6.07) is 20.4. The van der Waals surface area contributed by atoms with Crippen molar-refractivity contribution in [3.05, 3.63) is 84.1 Å². The lowest BCUT2D eigenvalue weighted by Gasteiger charge is -2.08. The number of hydrogen-bond acceptors (Lipinski definition) is 4. The topological polar surface area (TPSA) is 60.5 Å². The summed E-state index contributed by atoms with van der Waals surface area (Å²) >= 11 is 0. The number of hydrogen-bond donors (Lipinski definition) is 1. The number of aromatic nitrogens is 1. The first-order chi connectivity index (χ1) is 12.2. The smallest absolute Gasteiger partial charge is 0.255 e. The summed E-state index contributed by atoms with van der Waals surface area (Å²) in [5, 5.41) is 2.80. The Morgan fingerprint density at radius 3 is 2.40 bits per heavy atom. The van der Waals surface area contributed by atoms with Crippen LogP contribution in [0, 0.1) is 0 Å². The molecule has 0 spiro atoms. The number of methoxy groups -OCH3 is 1. The molecule has 0 radical (unpaired) electrons. The standard InChI is InChI=1S/C20H18N2O3/c1-24-19-12-11-17(13-21-19)22-20(23)16-9-7-15(8-10-16)14-25-18-5-3-2-4-6-18/h2-13H,14H2,1H3,(H,22,23). The van der Waals surface area contributed by atoms with Gasteiger partial charge in [0.25, 0.3) is 5.91 Å². The second kappa shape index (κ2) is 7.97. The average Bonchev–Trinajstić information content (AvgIpc) is 2.68. The van der Waals surface area contributed by atoms with Gasteiger partial charge >= 0.3 is 0 Å². The van der Waals surface area contributed by atoms with Gasteiger partial charge in [-0.3, -0.25) is 4.79 Å². The van der Waals surface area contributed by atoms with Gasteiger partial charge in [-0.05, 0) is 35.9 Å². The van der Waals surface area contributed by atoms with Crippen molar-refractivity contribution in [2.45, 2.75) is 6.61 Å². The third-order valence-corrected chi connectivity index (χ3v) is 3.57. The number of pyridine rings is 1. The quantitative estimate of drug-likeness (QED) is 0.742. The third-order valence-electron chi connectivity index (χ3n) is 3.57. The van der Waals surface area contributed by atoms with Crippen LogP contribution in [0.25, 0.3) is 0 Å². The molecule has 0 aliphatic carbocycles. The van der Waals surface area contributed by atoms with Gasteiger partial charge in [0.1, 0.15) is 12.4 Å². The SMILES string of the molecule is COc1ccc(NC(=O)c2ccc(COc3ccccc3)cc2)cn1. The summed E-state index contributed by atoms with van der Waals surface area (Å²) in [7, 11) is 1.55. The van der Waals surface area contributed by atoms with Crippen LogP contribution < -0.4 is 14.8 Å². The van der Waals surface area contributed by atoms with Crippen molar-refractivity contribution in [2.75, 3.05) is 12.4 Å². The molecule has 0 fully saturated rings. The molecule has 0 aliphatic heterocycles. The maximum atomic E-state index is 12.3. The summed E-state index contributed by atoms with van der Waals surface area (Å²) in [5.74, 6) is 1.12. The lowest BCUT2D eigenvalue weighted by molar-refractivity contribution is 0.102. The number of nitrogens with zero attached hydrogens (tertiary/aromatic N) is 1. The normalized spacial score (nSPS) is 10.1. The fraction of sp³-hybridized carbons (Fsp3) is 0.100. The monoisotopic (exact) mass is 334 g/mol. The highest BCUT2D eigenvalue weighted by Gasteiger charge is 2.07. The molecule has 2 aromatic carbocycles. The molecule has 1 N–H and O–H groups in total. The second-order valence-electron chi connectivity index (χ2n) is 5.34. The summed E-state index contributed by atoms with van der Waals surface area (Å²) in [6.07, 6.45) is 1.55. The van der Waals surface area contributed by atoms with E-state index in [2.05, 4.69) is 10.3 Å². The minimum Gasteiger partial charge on any atom is -0.489 e. The Morgan fingerprint density at radius 2 is 1.76 bits per heavy atom. The van der Waals surface area contributed by atoms with E-state index in [1.807, 2.05) is 42.5 Å². The molecule has 0 atom stereocenters. The number of carbonyl (C=O) groups is 1. The van der Waals surface area contributed by atoms with Crippen molar-refractivity contribution in [2.24, 2.45) is 0 Å². The molecule has 126 valence electrons. The molecule has 0 saturated carbocycles. The fourth-order valence-electron chi connectivity index (χ4n) is 2.21. The molecule has 5 nitrogen and oxygen atoms in total. The Bertz CT molecular complexity index is 816. The van der Waals surface area contributed by atoms with E-state index in [1.54, 1.807) is 37.6 Å². The minimum atomic E-state index is -0.192. The van der Waals surface area contributed by atoms with Crippen molar-refractivity contribution in [1.29, 1.82) is 0 Å². The molecule has 1 amide bonds. The number of para-hydroxylation sites is 1. The Kier molecular flexibility index (Phi) is 5.26. The van der Waals surface area contributed by atoms with Gasteiger partial charge in [0, 0.05) is 11.6 Å². The highest BCUT2D eigenvalue weighted by Crippen LogP contribution is 2.14. The Morgan fingerprint density at radius 1 is 1.00 bits per heavy atom. The Balaban J connectivity index is 1.58. The largest absolute Gasteiger partial charge is 0.489 e. The number of rotatable bonds is 6. The number of amides is 1. The van der Waals surface area contributed by atoms with Crippen LogP contribution in [0.2, 0.25) is 0 Å². The first kappa shape index (κ1) is 16.5. The van der Waals surface area contributed by atoms with Gasteiger partial charge in [-0.15, -0.1) is 0 Å². The second-order valence-corrected chi connectivity index (χ2v) is 5.34. The zero-order valence-corrected chi connectivity index (χ0v) is 13.8. The molecule has 0 unspecified atom stereocenters. The predicted molar refractivity (Wildman–Crippen MR) is 96.0 cm³/mol. The molecule has 1 heterocycles. The molecule has 3 aromatic rings. The van der Waals surface area contributed by atoms with Crippen LogP contribution in [-0.2, 0) is 6.61 Å². The van der Waals surface area contributed by atoms with Gasteiger partial charge in [-0.25, -0.2) is 4.98 Å². The van der Waals surface area contributed by atoms with Gasteiger partial charge in [0.05, 0.1) is 19.0 Å². The van der Waals surface area contributed by atoms with Crippen LogP contribution in [-0.4, -0.2) is 18.0 Å². The average molecular weight is 334 g/mol. The van der Waals surface area contributed by atoms with Gasteiger partial charge in [0.15, 0.2) is 0 Å². The van der Waals surface area contributed by atoms with E-state index in [0.717, 1.165) is 11.3 Å². The maximum absolute atomic E-state index is 12.3. The van der Waals surface area contributed by atoms with Crippen molar-refractivity contribution in [3.63, 3.8) is 0 Å². The fourth-order valence-corrected chi connectivity index (χ4v) is 2.21. The zero-order chi connectivity index (χ0) is 17.5. The third kappa shape index (κ3) is 4.57.